The molecule has 8 heteroatoms. The van der Waals surface area contributed by atoms with E-state index in [1.807, 2.05) is 24.3 Å². The summed E-state index contributed by atoms with van der Waals surface area (Å²) < 4.78 is 0.797. The number of nitrogen functional groups attached to an aromatic ring is 1. The van der Waals surface area contributed by atoms with Crippen molar-refractivity contribution in [3.05, 3.63) is 46.5 Å². The van der Waals surface area contributed by atoms with Gasteiger partial charge in [0.1, 0.15) is 11.3 Å². The van der Waals surface area contributed by atoms with Gasteiger partial charge in [0, 0.05) is 18.5 Å². The molecule has 1 saturated carbocycles. The normalized spacial score (nSPS) is 13.7. The lowest BCUT2D eigenvalue weighted by atomic mass is 10.0. The molecule has 1 fully saturated rings. The van der Waals surface area contributed by atoms with Crippen LogP contribution in [0.25, 0.3) is 10.2 Å². The minimum Gasteiger partial charge on any atom is -0.506 e. The average Bonchev–Trinajstić information content (AvgIpc) is 3.40. The van der Waals surface area contributed by atoms with Gasteiger partial charge in [-0.2, -0.15) is 0 Å². The van der Waals surface area contributed by atoms with Gasteiger partial charge in [0.25, 0.3) is 0 Å². The third-order valence-corrected chi connectivity index (χ3v) is 6.87. The fraction of sp³-hybridized carbons (Fsp3) is 0.333. The second-order valence-electron chi connectivity index (χ2n) is 7.96. The van der Waals surface area contributed by atoms with Crippen molar-refractivity contribution in [3.63, 3.8) is 0 Å². The molecular weight excluding hydrogens is 444 g/mol. The van der Waals surface area contributed by atoms with Gasteiger partial charge in [0.05, 0.1) is 22.0 Å². The molecule has 32 heavy (non-hydrogen) atoms. The van der Waals surface area contributed by atoms with Gasteiger partial charge in [-0.05, 0) is 42.5 Å². The summed E-state index contributed by atoms with van der Waals surface area (Å²) in [5, 5.41) is 17.3. The van der Waals surface area contributed by atoms with Crippen LogP contribution in [0.1, 0.15) is 43.2 Å². The number of aromatic hydroxyl groups is 1. The quantitative estimate of drug-likeness (QED) is 0.385. The van der Waals surface area contributed by atoms with E-state index in [-0.39, 0.29) is 11.7 Å². The van der Waals surface area contributed by atoms with Crippen LogP contribution in [-0.2, 0) is 11.3 Å². The molecule has 1 aliphatic carbocycles. The maximum absolute atomic E-state index is 12.2. The zero-order valence-electron chi connectivity index (χ0n) is 17.6. The Morgan fingerprint density at radius 3 is 2.94 bits per heavy atom. The molecule has 0 unspecified atom stereocenters. The van der Waals surface area contributed by atoms with Crippen molar-refractivity contribution < 1.29 is 9.90 Å². The highest BCUT2D eigenvalue weighted by Gasteiger charge is 2.18. The van der Waals surface area contributed by atoms with Gasteiger partial charge in [0.15, 0.2) is 5.13 Å². The lowest BCUT2D eigenvalue weighted by molar-refractivity contribution is -0.122. The Balaban J connectivity index is 1.34. The first-order chi connectivity index (χ1) is 15.5. The highest BCUT2D eigenvalue weighted by atomic mass is 35.5. The van der Waals surface area contributed by atoms with Gasteiger partial charge < -0.3 is 21.5 Å². The molecule has 2 aromatic carbocycles. The lowest BCUT2D eigenvalue weighted by Crippen LogP contribution is -2.24. The summed E-state index contributed by atoms with van der Waals surface area (Å²) in [6.45, 7) is 0.781. The first-order valence-electron chi connectivity index (χ1n) is 10.7. The summed E-state index contributed by atoms with van der Waals surface area (Å²) in [4.78, 5) is 16.3. The molecular formula is C24H25ClN4O2S. The number of anilines is 2. The summed E-state index contributed by atoms with van der Waals surface area (Å²) in [6.07, 6.45) is 5.37. The number of hydrogen-bond acceptors (Lipinski definition) is 6. The maximum atomic E-state index is 12.2. The molecule has 3 aromatic rings. The second-order valence-corrected chi connectivity index (χ2v) is 9.40. The Hall–Kier alpha value is -2.95. The van der Waals surface area contributed by atoms with Crippen LogP contribution in [0, 0.1) is 17.8 Å². The van der Waals surface area contributed by atoms with Crippen LogP contribution in [0.4, 0.5) is 10.8 Å². The number of amides is 1. The van der Waals surface area contributed by atoms with E-state index in [1.54, 1.807) is 6.07 Å². The molecule has 0 saturated heterocycles. The van der Waals surface area contributed by atoms with Crippen LogP contribution < -0.4 is 16.4 Å². The number of thiazole rings is 1. The van der Waals surface area contributed by atoms with Gasteiger partial charge in [-0.3, -0.25) is 4.79 Å². The van der Waals surface area contributed by atoms with Gasteiger partial charge in [-0.1, -0.05) is 59.8 Å². The number of benzene rings is 2. The average molecular weight is 469 g/mol. The van der Waals surface area contributed by atoms with E-state index in [9.17, 15) is 9.90 Å². The number of carbonyl (C=O) groups excluding carboxylic acids is 1. The van der Waals surface area contributed by atoms with Crippen LogP contribution in [0.2, 0.25) is 5.02 Å². The summed E-state index contributed by atoms with van der Waals surface area (Å²) >= 11 is 7.85. The Morgan fingerprint density at radius 1 is 1.31 bits per heavy atom. The van der Waals surface area contributed by atoms with Crippen molar-refractivity contribution in [1.29, 1.82) is 0 Å². The fourth-order valence-corrected chi connectivity index (χ4v) is 5.04. The lowest BCUT2D eigenvalue weighted by Gasteiger charge is -2.12. The standard InChI is InChI=1S/C24H25ClN4O2S/c25-22-17(14-28-21(31)13-15-5-1-2-6-15)8-3-9-18(22)27-10-4-7-16-11-19(30)23-20(12-16)32-24(26)29-23/h3,8-9,11-12,15,27,30H,1-2,5-6,10,13-14H2,(H2,26,29)(H,28,31). The highest BCUT2D eigenvalue weighted by molar-refractivity contribution is 7.22. The molecule has 0 spiro atoms. The largest absolute Gasteiger partial charge is 0.506 e. The third-order valence-electron chi connectivity index (χ3n) is 5.59. The molecule has 0 atom stereocenters. The summed E-state index contributed by atoms with van der Waals surface area (Å²) in [5.41, 5.74) is 8.52. The first kappa shape index (κ1) is 22.3. The molecule has 1 aromatic heterocycles. The minimum atomic E-state index is 0.0680. The number of hydrogen-bond donors (Lipinski definition) is 4. The molecule has 166 valence electrons. The number of phenols is 1. The predicted molar refractivity (Wildman–Crippen MR) is 131 cm³/mol. The maximum Gasteiger partial charge on any atom is 0.220 e. The number of rotatable bonds is 6. The highest BCUT2D eigenvalue weighted by Crippen LogP contribution is 2.31. The Labute approximate surface area is 196 Å². The van der Waals surface area contributed by atoms with E-state index >= 15 is 0 Å². The number of carbonyl (C=O) groups is 1. The smallest absolute Gasteiger partial charge is 0.220 e. The van der Waals surface area contributed by atoms with Crippen molar-refractivity contribution in [2.24, 2.45) is 5.92 Å². The number of aromatic nitrogens is 1. The van der Waals surface area contributed by atoms with Gasteiger partial charge >= 0.3 is 0 Å². The summed E-state index contributed by atoms with van der Waals surface area (Å²) in [7, 11) is 0. The van der Waals surface area contributed by atoms with Crippen molar-refractivity contribution in [1.82, 2.24) is 10.3 Å². The van der Waals surface area contributed by atoms with Crippen LogP contribution in [0.5, 0.6) is 5.75 Å². The molecule has 0 radical (unpaired) electrons. The second kappa shape index (κ2) is 10.1. The monoisotopic (exact) mass is 468 g/mol. The van der Waals surface area contributed by atoms with Gasteiger partial charge in [-0.15, -0.1) is 0 Å². The van der Waals surface area contributed by atoms with E-state index in [2.05, 4.69) is 27.5 Å². The topological polar surface area (TPSA) is 100 Å². The number of phenolic OH excluding ortho intramolecular Hbond substituents is 1. The predicted octanol–water partition coefficient (Wildman–Crippen LogP) is 4.90. The number of fused-ring (bicyclic) bond motifs is 1. The van der Waals surface area contributed by atoms with E-state index in [0.29, 0.717) is 46.7 Å². The first-order valence-corrected chi connectivity index (χ1v) is 11.8. The number of nitrogens with zero attached hydrogens (tertiary/aromatic N) is 1. The molecule has 0 aliphatic heterocycles. The molecule has 0 bridgehead atoms. The minimum absolute atomic E-state index is 0.0680. The third kappa shape index (κ3) is 5.45. The van der Waals surface area contributed by atoms with Crippen LogP contribution in [0.3, 0.4) is 0 Å². The molecule has 1 amide bonds. The zero-order chi connectivity index (χ0) is 22.5. The van der Waals surface area contributed by atoms with E-state index in [1.165, 1.54) is 24.2 Å². The van der Waals surface area contributed by atoms with Crippen LogP contribution in [0.15, 0.2) is 30.3 Å². The Kier molecular flexibility index (Phi) is 7.03. The Morgan fingerprint density at radius 2 is 2.12 bits per heavy atom. The number of nitrogens with two attached hydrogens (primary N) is 1. The number of halogens is 1. The molecule has 6 nitrogen and oxygen atoms in total. The molecule has 1 aliphatic rings. The fourth-order valence-electron chi connectivity index (χ4n) is 3.98. The molecule has 4 rings (SSSR count). The van der Waals surface area contributed by atoms with Crippen molar-refractivity contribution in [2.75, 3.05) is 17.6 Å². The summed E-state index contributed by atoms with van der Waals surface area (Å²) in [5.74, 6) is 6.74. The van der Waals surface area contributed by atoms with E-state index < -0.39 is 0 Å². The molecule has 1 heterocycles. The van der Waals surface area contributed by atoms with Gasteiger partial charge in [-0.25, -0.2) is 4.98 Å². The Bertz CT molecular complexity index is 1190. The van der Waals surface area contributed by atoms with Crippen molar-refractivity contribution >= 4 is 49.9 Å². The van der Waals surface area contributed by atoms with Crippen LogP contribution >= 0.6 is 22.9 Å². The summed E-state index contributed by atoms with van der Waals surface area (Å²) in [6, 6.07) is 9.13. The van der Waals surface area contributed by atoms with Crippen molar-refractivity contribution in [3.8, 4) is 17.6 Å². The zero-order valence-corrected chi connectivity index (χ0v) is 19.2. The molecule has 5 N–H and O–H groups in total. The van der Waals surface area contributed by atoms with Crippen LogP contribution in [-0.4, -0.2) is 22.5 Å². The van der Waals surface area contributed by atoms with Gasteiger partial charge in [0.2, 0.25) is 5.91 Å². The van der Waals surface area contributed by atoms with E-state index in [4.69, 9.17) is 17.3 Å². The van der Waals surface area contributed by atoms with E-state index in [0.717, 1.165) is 28.8 Å². The van der Waals surface area contributed by atoms with Crippen molar-refractivity contribution in [2.45, 2.75) is 38.6 Å². The number of nitrogens with one attached hydrogen (secondary N) is 2. The SMILES string of the molecule is Nc1nc2c(O)cc(C#CCNc3cccc(CNC(=O)CC4CCCC4)c3Cl)cc2s1.